The van der Waals surface area contributed by atoms with E-state index in [2.05, 4.69) is 53.4 Å². The van der Waals surface area contributed by atoms with Gasteiger partial charge in [-0.25, -0.2) is 0 Å². The Morgan fingerprint density at radius 3 is 2.26 bits per heavy atom. The van der Waals surface area contributed by atoms with Crippen LogP contribution >= 0.6 is 0 Å². The van der Waals surface area contributed by atoms with Crippen LogP contribution in [0, 0.1) is 0 Å². The highest BCUT2D eigenvalue weighted by Gasteiger charge is 2.24. The highest BCUT2D eigenvalue weighted by Crippen LogP contribution is 2.24. The van der Waals surface area contributed by atoms with Crippen molar-refractivity contribution >= 4 is 6.47 Å². The predicted octanol–water partition coefficient (Wildman–Crippen LogP) is 3.02. The van der Waals surface area contributed by atoms with Crippen LogP contribution in [0.5, 0.6) is 0 Å². The van der Waals surface area contributed by atoms with E-state index in [1.165, 1.54) is 5.56 Å². The molecular weight excluding hydrogens is 238 g/mol. The molecule has 3 heteroatoms. The molecule has 1 heterocycles. The summed E-state index contributed by atoms with van der Waals surface area (Å²) >= 11 is 0. The first-order valence-electron chi connectivity index (χ1n) is 6.47. The second-order valence-corrected chi connectivity index (χ2v) is 5.68. The molecule has 1 aliphatic rings. The van der Waals surface area contributed by atoms with E-state index in [0.717, 1.165) is 6.54 Å². The van der Waals surface area contributed by atoms with Crippen molar-refractivity contribution in [3.05, 3.63) is 48.0 Å². The number of carbonyl (C=O) groups excluding carboxylic acids is 1. The number of hydrogen-bond donors (Lipinski definition) is 1. The molecular formula is C16H23NO2. The van der Waals surface area contributed by atoms with E-state index in [9.17, 15) is 4.79 Å². The van der Waals surface area contributed by atoms with Gasteiger partial charge in [-0.05, 0) is 33.3 Å². The normalized spacial score (nSPS) is 21.5. The van der Waals surface area contributed by atoms with Gasteiger partial charge in [0.15, 0.2) is 0 Å². The monoisotopic (exact) mass is 261 g/mol. The first kappa shape index (κ1) is 15.4. The summed E-state index contributed by atoms with van der Waals surface area (Å²) < 4.78 is 4.55. The molecule has 0 fully saturated rings. The van der Waals surface area contributed by atoms with Gasteiger partial charge in [0.2, 0.25) is 0 Å². The third kappa shape index (κ3) is 5.26. The molecule has 1 aromatic rings. The molecule has 2 rings (SSSR count). The minimum Gasteiger partial charge on any atom is -0.462 e. The van der Waals surface area contributed by atoms with E-state index >= 15 is 0 Å². The van der Waals surface area contributed by atoms with Crippen molar-refractivity contribution in [2.24, 2.45) is 0 Å². The van der Waals surface area contributed by atoms with Gasteiger partial charge in [0.25, 0.3) is 6.47 Å². The summed E-state index contributed by atoms with van der Waals surface area (Å²) in [7, 11) is 0. The Labute approximate surface area is 115 Å². The Kier molecular flexibility index (Phi) is 5.31. The minimum atomic E-state index is -0.318. The second kappa shape index (κ2) is 6.53. The van der Waals surface area contributed by atoms with Gasteiger partial charge in [0.05, 0.1) is 5.54 Å². The highest BCUT2D eigenvalue weighted by molar-refractivity contribution is 5.37. The van der Waals surface area contributed by atoms with Crippen LogP contribution in [-0.2, 0) is 15.1 Å². The average molecular weight is 261 g/mol. The molecule has 1 N–H and O–H groups in total. The fourth-order valence-corrected chi connectivity index (χ4v) is 1.75. The van der Waals surface area contributed by atoms with Crippen LogP contribution in [0.3, 0.4) is 0 Å². The van der Waals surface area contributed by atoms with Crippen molar-refractivity contribution in [1.29, 1.82) is 0 Å². The number of benzene rings is 1. The van der Waals surface area contributed by atoms with Crippen LogP contribution in [0.15, 0.2) is 42.5 Å². The van der Waals surface area contributed by atoms with Gasteiger partial charge >= 0.3 is 0 Å². The molecule has 0 bridgehead atoms. The molecule has 0 saturated heterocycles. The maximum atomic E-state index is 9.60. The van der Waals surface area contributed by atoms with Gasteiger partial charge in [-0.1, -0.05) is 42.5 Å². The highest BCUT2D eigenvalue weighted by atomic mass is 16.5. The summed E-state index contributed by atoms with van der Waals surface area (Å²) in [6.07, 6.45) is 4.40. The van der Waals surface area contributed by atoms with Crippen molar-refractivity contribution in [2.45, 2.75) is 38.8 Å². The molecule has 3 nitrogen and oxygen atoms in total. The number of ether oxygens (including phenoxy) is 1. The number of nitrogens with one attached hydrogen (secondary N) is 1. The van der Waals surface area contributed by atoms with E-state index in [1.807, 2.05) is 26.8 Å². The fourth-order valence-electron chi connectivity index (χ4n) is 1.75. The summed E-state index contributed by atoms with van der Waals surface area (Å²) in [5, 5.41) is 3.44. The van der Waals surface area contributed by atoms with Gasteiger partial charge in [0, 0.05) is 6.54 Å². The van der Waals surface area contributed by atoms with E-state index in [-0.39, 0.29) is 11.1 Å². The van der Waals surface area contributed by atoms with Gasteiger partial charge in [-0.2, -0.15) is 0 Å². The smallest absolute Gasteiger partial charge is 0.293 e. The van der Waals surface area contributed by atoms with Gasteiger partial charge in [-0.15, -0.1) is 0 Å². The van der Waals surface area contributed by atoms with E-state index in [1.54, 1.807) is 0 Å². The molecule has 104 valence electrons. The maximum absolute atomic E-state index is 9.60. The van der Waals surface area contributed by atoms with Crippen molar-refractivity contribution in [3.63, 3.8) is 0 Å². The Balaban J connectivity index is 0.000000224. The van der Waals surface area contributed by atoms with Crippen LogP contribution in [0.2, 0.25) is 0 Å². The summed E-state index contributed by atoms with van der Waals surface area (Å²) in [6, 6.07) is 10.5. The molecule has 1 aliphatic heterocycles. The Morgan fingerprint density at radius 2 is 1.89 bits per heavy atom. The van der Waals surface area contributed by atoms with Crippen LogP contribution in [0.25, 0.3) is 0 Å². The topological polar surface area (TPSA) is 38.3 Å². The Hall–Kier alpha value is -1.61. The molecule has 0 spiro atoms. The number of carbonyl (C=O) groups is 1. The van der Waals surface area contributed by atoms with Gasteiger partial charge in [0.1, 0.15) is 5.60 Å². The van der Waals surface area contributed by atoms with Crippen LogP contribution in [0.1, 0.15) is 33.3 Å². The van der Waals surface area contributed by atoms with E-state index in [4.69, 9.17) is 0 Å². The minimum absolute atomic E-state index is 0.0568. The Morgan fingerprint density at radius 1 is 1.26 bits per heavy atom. The van der Waals surface area contributed by atoms with Crippen molar-refractivity contribution < 1.29 is 9.53 Å². The summed E-state index contributed by atoms with van der Waals surface area (Å²) in [4.78, 5) is 9.60. The van der Waals surface area contributed by atoms with Crippen molar-refractivity contribution in [3.8, 4) is 0 Å². The summed E-state index contributed by atoms with van der Waals surface area (Å²) in [5.41, 5.74) is 1.07. The standard InChI is InChI=1S/C11H13N.C5H10O2/c1-11(8-5-9-12-11)10-6-3-2-4-7-10;1-5(2,3)7-4-6/h2-8,12H,9H2,1H3;4H,1-3H3. The number of hydrogen-bond acceptors (Lipinski definition) is 3. The van der Waals surface area contributed by atoms with Gasteiger partial charge < -0.3 is 10.1 Å². The summed E-state index contributed by atoms with van der Waals surface area (Å²) in [6.45, 7) is 9.10. The lowest BCUT2D eigenvalue weighted by Crippen LogP contribution is -2.33. The number of rotatable bonds is 2. The Bertz CT molecular complexity index is 420. The molecule has 0 aliphatic carbocycles. The maximum Gasteiger partial charge on any atom is 0.293 e. The summed E-state index contributed by atoms with van der Waals surface area (Å²) in [5.74, 6) is 0. The quantitative estimate of drug-likeness (QED) is 0.657. The van der Waals surface area contributed by atoms with Crippen molar-refractivity contribution in [1.82, 2.24) is 5.32 Å². The van der Waals surface area contributed by atoms with E-state index < -0.39 is 0 Å². The van der Waals surface area contributed by atoms with Crippen molar-refractivity contribution in [2.75, 3.05) is 6.54 Å². The molecule has 1 aromatic carbocycles. The van der Waals surface area contributed by atoms with Gasteiger partial charge in [-0.3, -0.25) is 4.79 Å². The molecule has 1 unspecified atom stereocenters. The fraction of sp³-hybridized carbons (Fsp3) is 0.438. The zero-order valence-electron chi connectivity index (χ0n) is 12.1. The lowest BCUT2D eigenvalue weighted by Gasteiger charge is -2.23. The first-order chi connectivity index (χ1) is 8.87. The molecule has 0 saturated carbocycles. The first-order valence-corrected chi connectivity index (χ1v) is 6.47. The predicted molar refractivity (Wildman–Crippen MR) is 77.8 cm³/mol. The second-order valence-electron chi connectivity index (χ2n) is 5.68. The lowest BCUT2D eigenvalue weighted by molar-refractivity contribution is -0.138. The van der Waals surface area contributed by atoms with Crippen LogP contribution in [0.4, 0.5) is 0 Å². The SMILES string of the molecule is CC(C)(C)OC=O.CC1(c2ccccc2)C=CCN1. The van der Waals surface area contributed by atoms with E-state index in [0.29, 0.717) is 6.47 Å². The van der Waals surface area contributed by atoms with Crippen LogP contribution in [-0.4, -0.2) is 18.6 Å². The average Bonchev–Trinajstić information content (AvgIpc) is 2.78. The largest absolute Gasteiger partial charge is 0.462 e. The third-order valence-corrected chi connectivity index (χ3v) is 2.81. The molecule has 0 aromatic heterocycles. The zero-order chi connectivity index (χ0) is 14.4. The zero-order valence-corrected chi connectivity index (χ0v) is 12.1. The lowest BCUT2D eigenvalue weighted by atomic mass is 9.94. The molecule has 0 radical (unpaired) electrons. The third-order valence-electron chi connectivity index (χ3n) is 2.81. The molecule has 0 amide bonds. The molecule has 1 atom stereocenters. The molecule has 19 heavy (non-hydrogen) atoms. The van der Waals surface area contributed by atoms with Crippen LogP contribution < -0.4 is 5.32 Å².